The van der Waals surface area contributed by atoms with Gasteiger partial charge >= 0.3 is 0 Å². The van der Waals surface area contributed by atoms with Crippen molar-refractivity contribution in [1.82, 2.24) is 25.0 Å². The molecule has 2 amide bonds. The fourth-order valence-corrected chi connectivity index (χ4v) is 4.43. The number of nitrogens with zero attached hydrogens (tertiary/aromatic N) is 3. The Kier molecular flexibility index (Phi) is 5.02. The molecule has 2 N–H and O–H groups in total. The molecule has 30 heavy (non-hydrogen) atoms. The summed E-state index contributed by atoms with van der Waals surface area (Å²) in [5, 5.41) is 8.23. The van der Waals surface area contributed by atoms with Crippen LogP contribution in [0.4, 0.5) is 0 Å². The highest BCUT2D eigenvalue weighted by molar-refractivity contribution is 5.99. The van der Waals surface area contributed by atoms with Crippen LogP contribution in [-0.4, -0.2) is 44.6 Å². The lowest BCUT2D eigenvalue weighted by molar-refractivity contribution is -0.139. The van der Waals surface area contributed by atoms with Crippen LogP contribution in [-0.2, 0) is 24.3 Å². The van der Waals surface area contributed by atoms with E-state index in [9.17, 15) is 9.59 Å². The summed E-state index contributed by atoms with van der Waals surface area (Å²) in [5.41, 5.74) is 4.05. The van der Waals surface area contributed by atoms with Gasteiger partial charge in [-0.1, -0.05) is 6.42 Å². The van der Waals surface area contributed by atoms with Gasteiger partial charge in [0.15, 0.2) is 0 Å². The van der Waals surface area contributed by atoms with Gasteiger partial charge in [-0.3, -0.25) is 14.3 Å². The fraction of sp³-hybridized carbons (Fsp3) is 0.435. The Morgan fingerprint density at radius 2 is 2.17 bits per heavy atom. The number of aromatic nitrogens is 3. The zero-order valence-corrected chi connectivity index (χ0v) is 17.1. The molecular weight excluding hydrogens is 378 g/mol. The van der Waals surface area contributed by atoms with Crippen molar-refractivity contribution in [2.75, 3.05) is 13.1 Å². The minimum absolute atomic E-state index is 0.0643. The summed E-state index contributed by atoms with van der Waals surface area (Å²) in [5.74, 6) is 0.456. The van der Waals surface area contributed by atoms with E-state index < -0.39 is 0 Å². The van der Waals surface area contributed by atoms with Crippen LogP contribution >= 0.6 is 0 Å². The van der Waals surface area contributed by atoms with Crippen LogP contribution < -0.4 is 5.32 Å². The van der Waals surface area contributed by atoms with Crippen molar-refractivity contribution in [3.05, 3.63) is 53.5 Å². The number of amides is 2. The van der Waals surface area contributed by atoms with E-state index in [0.717, 1.165) is 55.2 Å². The molecule has 3 heterocycles. The average Bonchev–Trinajstić information content (AvgIpc) is 3.36. The largest absolute Gasteiger partial charge is 0.358 e. The van der Waals surface area contributed by atoms with Crippen LogP contribution in [0.3, 0.4) is 0 Å². The highest BCUT2D eigenvalue weighted by Gasteiger charge is 2.32. The maximum absolute atomic E-state index is 12.7. The number of fused-ring (bicyclic) bond motifs is 3. The number of rotatable bonds is 6. The SMILES string of the molecule is O=C(NCCCn1cccn1)c1ccc2[nH]c3c(c2c1)CN(C(=O)C1CCC1)CC3. The summed E-state index contributed by atoms with van der Waals surface area (Å²) < 4.78 is 1.86. The number of aromatic amines is 1. The summed E-state index contributed by atoms with van der Waals surface area (Å²) in [6.45, 7) is 2.80. The van der Waals surface area contributed by atoms with Gasteiger partial charge in [-0.2, -0.15) is 5.10 Å². The van der Waals surface area contributed by atoms with Crippen LogP contribution in [0.1, 0.15) is 47.3 Å². The van der Waals surface area contributed by atoms with E-state index in [1.54, 1.807) is 6.20 Å². The summed E-state index contributed by atoms with van der Waals surface area (Å²) >= 11 is 0. The van der Waals surface area contributed by atoms with Gasteiger partial charge in [0.25, 0.3) is 5.91 Å². The monoisotopic (exact) mass is 405 g/mol. The smallest absolute Gasteiger partial charge is 0.251 e. The number of hydrogen-bond donors (Lipinski definition) is 2. The predicted molar refractivity (Wildman–Crippen MR) is 114 cm³/mol. The zero-order valence-electron chi connectivity index (χ0n) is 17.1. The van der Waals surface area contributed by atoms with Gasteiger partial charge in [0.1, 0.15) is 0 Å². The van der Waals surface area contributed by atoms with Crippen molar-refractivity contribution >= 4 is 22.7 Å². The quantitative estimate of drug-likeness (QED) is 0.619. The Hall–Kier alpha value is -3.09. The van der Waals surface area contributed by atoms with Crippen molar-refractivity contribution in [1.29, 1.82) is 0 Å². The molecule has 1 fully saturated rings. The lowest BCUT2D eigenvalue weighted by atomic mass is 9.84. The Morgan fingerprint density at radius 1 is 1.27 bits per heavy atom. The molecule has 0 unspecified atom stereocenters. The molecule has 3 aromatic rings. The fourth-order valence-electron chi connectivity index (χ4n) is 4.43. The van der Waals surface area contributed by atoms with E-state index in [1.807, 2.05) is 40.0 Å². The first-order valence-electron chi connectivity index (χ1n) is 10.9. The molecule has 1 aromatic carbocycles. The van der Waals surface area contributed by atoms with Gasteiger partial charge in [-0.15, -0.1) is 0 Å². The molecule has 0 saturated heterocycles. The highest BCUT2D eigenvalue weighted by Crippen LogP contribution is 2.33. The van der Waals surface area contributed by atoms with E-state index in [0.29, 0.717) is 24.6 Å². The zero-order chi connectivity index (χ0) is 20.5. The van der Waals surface area contributed by atoms with Crippen LogP contribution in [0.25, 0.3) is 10.9 Å². The van der Waals surface area contributed by atoms with Crippen molar-refractivity contribution in [2.24, 2.45) is 5.92 Å². The molecular formula is C23H27N5O2. The third kappa shape index (κ3) is 3.60. The van der Waals surface area contributed by atoms with Gasteiger partial charge < -0.3 is 15.2 Å². The number of carbonyl (C=O) groups excluding carboxylic acids is 2. The lowest BCUT2D eigenvalue weighted by Crippen LogP contribution is -2.41. The number of H-pyrrole nitrogens is 1. The normalized spacial score (nSPS) is 16.3. The van der Waals surface area contributed by atoms with Crippen LogP contribution in [0.2, 0.25) is 0 Å². The Morgan fingerprint density at radius 3 is 2.93 bits per heavy atom. The molecule has 0 bridgehead atoms. The molecule has 1 saturated carbocycles. The third-order valence-electron chi connectivity index (χ3n) is 6.41. The van der Waals surface area contributed by atoms with E-state index >= 15 is 0 Å². The Labute approximate surface area is 175 Å². The predicted octanol–water partition coefficient (Wildman–Crippen LogP) is 2.87. The lowest BCUT2D eigenvalue weighted by Gasteiger charge is -2.34. The first kappa shape index (κ1) is 18.9. The molecule has 1 aliphatic heterocycles. The number of nitrogens with one attached hydrogen (secondary N) is 2. The molecule has 156 valence electrons. The van der Waals surface area contributed by atoms with E-state index in [-0.39, 0.29) is 11.8 Å². The molecule has 0 spiro atoms. The summed E-state index contributed by atoms with van der Waals surface area (Å²) in [4.78, 5) is 30.8. The van der Waals surface area contributed by atoms with Gasteiger partial charge in [0.2, 0.25) is 5.91 Å². The topological polar surface area (TPSA) is 83.0 Å². The molecule has 2 aliphatic rings. The molecule has 7 heteroatoms. The minimum Gasteiger partial charge on any atom is -0.358 e. The molecule has 1 aliphatic carbocycles. The second-order valence-electron chi connectivity index (χ2n) is 8.36. The minimum atomic E-state index is -0.0643. The number of hydrogen-bond acceptors (Lipinski definition) is 3. The van der Waals surface area contributed by atoms with Crippen molar-refractivity contribution < 1.29 is 9.59 Å². The van der Waals surface area contributed by atoms with Crippen LogP contribution in [0.5, 0.6) is 0 Å². The first-order valence-corrected chi connectivity index (χ1v) is 10.9. The first-order chi connectivity index (χ1) is 14.7. The van der Waals surface area contributed by atoms with Crippen molar-refractivity contribution in [2.45, 2.75) is 45.2 Å². The molecule has 7 nitrogen and oxygen atoms in total. The maximum atomic E-state index is 12.7. The molecule has 2 aromatic heterocycles. The third-order valence-corrected chi connectivity index (χ3v) is 6.41. The molecule has 0 radical (unpaired) electrons. The van der Waals surface area contributed by atoms with Crippen molar-refractivity contribution in [3.8, 4) is 0 Å². The Balaban J connectivity index is 1.27. The average molecular weight is 406 g/mol. The Bertz CT molecular complexity index is 1060. The summed E-state index contributed by atoms with van der Waals surface area (Å²) in [6, 6.07) is 7.70. The van der Waals surface area contributed by atoms with E-state index in [2.05, 4.69) is 15.4 Å². The molecule has 5 rings (SSSR count). The summed E-state index contributed by atoms with van der Waals surface area (Å²) in [6.07, 6.45) is 8.57. The number of aryl methyl sites for hydroxylation is 1. The second kappa shape index (κ2) is 7.97. The number of benzene rings is 1. The van der Waals surface area contributed by atoms with Crippen molar-refractivity contribution in [3.63, 3.8) is 0 Å². The number of carbonyl (C=O) groups is 2. The summed E-state index contributed by atoms with van der Waals surface area (Å²) in [7, 11) is 0. The van der Waals surface area contributed by atoms with Gasteiger partial charge in [-0.05, 0) is 43.5 Å². The van der Waals surface area contributed by atoms with E-state index in [1.165, 1.54) is 12.1 Å². The van der Waals surface area contributed by atoms with Crippen LogP contribution in [0.15, 0.2) is 36.7 Å². The van der Waals surface area contributed by atoms with Gasteiger partial charge in [-0.25, -0.2) is 0 Å². The second-order valence-corrected chi connectivity index (χ2v) is 8.36. The van der Waals surface area contributed by atoms with Gasteiger partial charge in [0.05, 0.1) is 0 Å². The van der Waals surface area contributed by atoms with Crippen LogP contribution in [0, 0.1) is 5.92 Å². The highest BCUT2D eigenvalue weighted by atomic mass is 16.2. The van der Waals surface area contributed by atoms with E-state index in [4.69, 9.17) is 0 Å². The standard InChI is InChI=1S/C23H27N5O2/c29-22(24-9-2-11-28-12-3-10-25-28)17-6-7-20-18(14-17)19-15-27(13-8-21(19)26-20)23(30)16-4-1-5-16/h3,6-7,10,12,14,16,26H,1-2,4-5,8-9,11,13,15H2,(H,24,29). The maximum Gasteiger partial charge on any atom is 0.251 e. The van der Waals surface area contributed by atoms with Gasteiger partial charge in [0, 0.05) is 78.6 Å². The molecule has 0 atom stereocenters.